The summed E-state index contributed by atoms with van der Waals surface area (Å²) in [6, 6.07) is 4.33. The maximum Gasteiger partial charge on any atom is 0.219 e. The van der Waals surface area contributed by atoms with Crippen LogP contribution in [0.2, 0.25) is 0 Å². The van der Waals surface area contributed by atoms with Crippen molar-refractivity contribution in [2.75, 3.05) is 0 Å². The van der Waals surface area contributed by atoms with Gasteiger partial charge in [0.15, 0.2) is 0 Å². The third kappa shape index (κ3) is 6.44. The van der Waals surface area contributed by atoms with Gasteiger partial charge in [0.25, 0.3) is 0 Å². The van der Waals surface area contributed by atoms with E-state index in [1.165, 1.54) is 19.6 Å². The lowest BCUT2D eigenvalue weighted by atomic mass is 9.83. The molecule has 1 aliphatic heterocycles. The van der Waals surface area contributed by atoms with Gasteiger partial charge in [-0.1, -0.05) is 101 Å². The Balaban J connectivity index is 2.06. The minimum atomic E-state index is -0.863. The fourth-order valence-corrected chi connectivity index (χ4v) is 6.32. The molecule has 3 rings (SSSR count). The molecule has 1 aromatic rings. The zero-order valence-electron chi connectivity index (χ0n) is 24.2. The Hall–Kier alpha value is -1.62. The van der Waals surface area contributed by atoms with Crippen LogP contribution in [0.15, 0.2) is 62.6 Å². The normalized spacial score (nSPS) is 20.9. The van der Waals surface area contributed by atoms with Crippen molar-refractivity contribution in [2.45, 2.75) is 100 Å². The Morgan fingerprint density at radius 1 is 0.750 bits per heavy atom. The van der Waals surface area contributed by atoms with Crippen molar-refractivity contribution in [3.63, 3.8) is 0 Å². The minimum absolute atomic E-state index is 0.0102. The highest BCUT2D eigenvalue weighted by molar-refractivity contribution is 8.06. The molecule has 0 saturated carbocycles. The fraction of sp³-hybridized carbons (Fsp3) is 0.531. The average molecular weight is 525 g/mol. The monoisotopic (exact) mass is 524 g/mol. The second-order valence-electron chi connectivity index (χ2n) is 14.2. The quantitative estimate of drug-likeness (QED) is 0.394. The van der Waals surface area contributed by atoms with Crippen molar-refractivity contribution >= 4 is 29.2 Å². The molecule has 1 unspecified atom stereocenters. The van der Waals surface area contributed by atoms with E-state index in [1.807, 2.05) is 35.3 Å². The van der Waals surface area contributed by atoms with Crippen molar-refractivity contribution in [3.8, 4) is 0 Å². The molecule has 0 fully saturated rings. The first-order chi connectivity index (χ1) is 16.2. The van der Waals surface area contributed by atoms with Gasteiger partial charge in [0.05, 0.1) is 0 Å². The molecule has 2 heterocycles. The summed E-state index contributed by atoms with van der Waals surface area (Å²) < 4.78 is 0. The van der Waals surface area contributed by atoms with Gasteiger partial charge >= 0.3 is 0 Å². The molecule has 0 spiro atoms. The summed E-state index contributed by atoms with van der Waals surface area (Å²) >= 11 is 3.65. The van der Waals surface area contributed by atoms with Gasteiger partial charge in [-0.2, -0.15) is 0 Å². The molecule has 196 valence electrons. The Morgan fingerprint density at radius 3 is 1.56 bits per heavy atom. The van der Waals surface area contributed by atoms with Crippen LogP contribution in [0.1, 0.15) is 98.4 Å². The summed E-state index contributed by atoms with van der Waals surface area (Å²) in [6.45, 7) is 26.6. The lowest BCUT2D eigenvalue weighted by molar-refractivity contribution is -0.305. The molecule has 0 amide bonds. The first-order valence-electron chi connectivity index (χ1n) is 12.8. The number of allylic oxidation sites excluding steroid dienone is 5. The topological polar surface area (TPSA) is 43.3 Å². The molecule has 4 heteroatoms. The maximum atomic E-state index is 13.2. The highest BCUT2D eigenvalue weighted by Crippen LogP contribution is 2.49. The summed E-state index contributed by atoms with van der Waals surface area (Å²) in [7, 11) is 0. The summed E-state index contributed by atoms with van der Waals surface area (Å²) in [4.78, 5) is 5.09. The van der Waals surface area contributed by atoms with Gasteiger partial charge in [-0.05, 0) is 67.2 Å². The summed E-state index contributed by atoms with van der Waals surface area (Å²) in [5.74, 6) is -0.0632. The molecule has 2 nitrogen and oxygen atoms in total. The second-order valence-corrected chi connectivity index (χ2v) is 16.3. The van der Waals surface area contributed by atoms with Crippen LogP contribution in [-0.4, -0.2) is 11.2 Å². The van der Waals surface area contributed by atoms with Gasteiger partial charge in [-0.15, -0.1) is 0 Å². The smallest absolute Gasteiger partial charge is 0.219 e. The average Bonchev–Trinajstić information content (AvgIpc) is 2.72. The number of aliphatic hydroxyl groups is 1. The maximum absolute atomic E-state index is 13.2. The van der Waals surface area contributed by atoms with Crippen LogP contribution >= 0.6 is 23.1 Å². The van der Waals surface area contributed by atoms with Crippen molar-refractivity contribution in [1.29, 1.82) is 0 Å². The lowest BCUT2D eigenvalue weighted by Crippen LogP contribution is -2.33. The van der Waals surface area contributed by atoms with Gasteiger partial charge in [-0.3, -0.25) is 0 Å². The molecule has 1 N–H and O–H groups in total. The number of thioether (sulfide) groups is 1. The molecule has 0 aromatic carbocycles. The Bertz CT molecular complexity index is 1130. The van der Waals surface area contributed by atoms with E-state index in [0.717, 1.165) is 11.1 Å². The van der Waals surface area contributed by atoms with Crippen molar-refractivity contribution in [1.82, 2.24) is 0 Å². The molecule has 36 heavy (non-hydrogen) atoms. The highest BCUT2D eigenvalue weighted by atomic mass is 32.2. The van der Waals surface area contributed by atoms with Crippen molar-refractivity contribution in [3.05, 3.63) is 78.0 Å². The van der Waals surface area contributed by atoms with E-state index in [1.54, 1.807) is 0 Å². The van der Waals surface area contributed by atoms with Crippen molar-refractivity contribution < 1.29 is 10.2 Å². The van der Waals surface area contributed by atoms with Crippen LogP contribution in [0.4, 0.5) is 0 Å². The molecule has 1 aliphatic carbocycles. The second kappa shape index (κ2) is 9.60. The molecule has 2 aliphatic rings. The van der Waals surface area contributed by atoms with Gasteiger partial charge in [0.1, 0.15) is 6.10 Å². The third-order valence-electron chi connectivity index (χ3n) is 6.35. The molecular weight excluding hydrogens is 480 g/mol. The van der Waals surface area contributed by atoms with Gasteiger partial charge in [0, 0.05) is 23.0 Å². The Labute approximate surface area is 227 Å². The Kier molecular flexibility index (Phi) is 7.72. The van der Waals surface area contributed by atoms with Crippen LogP contribution < -0.4 is 5.11 Å². The largest absolute Gasteiger partial charge is 0.872 e. The predicted molar refractivity (Wildman–Crippen MR) is 158 cm³/mol. The fourth-order valence-electron chi connectivity index (χ4n) is 3.84. The zero-order valence-corrected chi connectivity index (χ0v) is 25.8. The Morgan fingerprint density at radius 2 is 1.19 bits per heavy atom. The van der Waals surface area contributed by atoms with E-state index in [4.69, 9.17) is 0 Å². The standard InChI is InChI=1S/C32H44O2S2/c1-29(2,3)23-15-19(16-24(35-23)30(4,5)6)13-21-27(33)22(28(21)34)14-20-17-25(31(7,8)9)36-26(18-20)32(10,11)12/h13-18,27,33H,1-12H3. The van der Waals surface area contributed by atoms with Crippen LogP contribution in [0.3, 0.4) is 0 Å². The molecular formula is C32H44O2S2. The van der Waals surface area contributed by atoms with Gasteiger partial charge in [-0.25, -0.2) is 0 Å². The van der Waals surface area contributed by atoms with E-state index >= 15 is 0 Å². The SMILES string of the molecule is CC(C)(C)C1=CC(=CC2=C([O-])C(=Cc3cc(C(C)(C)C)[s+]c(C(C)(C)C)c3)C2O)C=C(C(C)(C)C)S1. The molecule has 0 saturated heterocycles. The summed E-state index contributed by atoms with van der Waals surface area (Å²) in [5, 5.41) is 24.2. The number of aliphatic hydroxyl groups excluding tert-OH is 1. The predicted octanol–water partition coefficient (Wildman–Crippen LogP) is 8.53. The molecule has 1 atom stereocenters. The first kappa shape index (κ1) is 28.9. The summed E-state index contributed by atoms with van der Waals surface area (Å²) in [6.07, 6.45) is 7.24. The molecule has 0 bridgehead atoms. The van der Waals surface area contributed by atoms with E-state index in [-0.39, 0.29) is 27.4 Å². The van der Waals surface area contributed by atoms with Crippen molar-refractivity contribution in [2.24, 2.45) is 10.8 Å². The van der Waals surface area contributed by atoms with Crippen LogP contribution in [0.25, 0.3) is 6.08 Å². The van der Waals surface area contributed by atoms with Crippen LogP contribution in [0, 0.1) is 10.8 Å². The van der Waals surface area contributed by atoms with Crippen LogP contribution in [0.5, 0.6) is 0 Å². The first-order valence-corrected chi connectivity index (χ1v) is 14.5. The van der Waals surface area contributed by atoms with E-state index < -0.39 is 6.10 Å². The van der Waals surface area contributed by atoms with Crippen LogP contribution in [-0.2, 0) is 10.8 Å². The van der Waals surface area contributed by atoms with E-state index in [2.05, 4.69) is 107 Å². The number of rotatable bonds is 2. The van der Waals surface area contributed by atoms with Gasteiger partial charge in [0.2, 0.25) is 21.1 Å². The summed E-state index contributed by atoms with van der Waals surface area (Å²) in [5.41, 5.74) is 2.96. The zero-order chi connectivity index (χ0) is 27.4. The third-order valence-corrected chi connectivity index (χ3v) is 10.1. The molecule has 1 aromatic heterocycles. The lowest BCUT2D eigenvalue weighted by Gasteiger charge is -2.37. The van der Waals surface area contributed by atoms with E-state index in [0.29, 0.717) is 11.1 Å². The number of hydrogen-bond acceptors (Lipinski definition) is 3. The highest BCUT2D eigenvalue weighted by Gasteiger charge is 2.33. The van der Waals surface area contributed by atoms with E-state index in [9.17, 15) is 10.2 Å². The van der Waals surface area contributed by atoms with Gasteiger partial charge < -0.3 is 10.2 Å². The molecule has 0 radical (unpaired) electrons. The number of hydrogen-bond donors (Lipinski definition) is 1. The minimum Gasteiger partial charge on any atom is -0.872 e.